The number of hydrogen-bond donors (Lipinski definition) is 1. The van der Waals surface area contributed by atoms with E-state index < -0.39 is 0 Å². The first kappa shape index (κ1) is 10.1. The minimum atomic E-state index is 0.482. The average Bonchev–Trinajstić information content (AvgIpc) is 2.61. The molecule has 1 aromatic heterocycles. The first-order valence-electron chi connectivity index (χ1n) is 5.02. The minimum Gasteiger partial charge on any atom is -0.373 e. The van der Waals surface area contributed by atoms with E-state index in [-0.39, 0.29) is 0 Å². The van der Waals surface area contributed by atoms with E-state index in [1.54, 1.807) is 11.3 Å². The summed E-state index contributed by atoms with van der Waals surface area (Å²) in [4.78, 5) is 5.24. The van der Waals surface area contributed by atoms with Gasteiger partial charge in [-0.15, -0.1) is 11.3 Å². The number of ether oxygens (including phenoxy) is 1. The van der Waals surface area contributed by atoms with Crippen LogP contribution >= 0.6 is 11.3 Å². The Labute approximate surface area is 88.5 Å². The topological polar surface area (TPSA) is 34.1 Å². The Balaban J connectivity index is 1.61. The highest BCUT2D eigenvalue weighted by atomic mass is 32.1. The van der Waals surface area contributed by atoms with Crippen molar-refractivity contribution >= 4 is 11.3 Å². The Morgan fingerprint density at radius 3 is 3.14 bits per heavy atom. The van der Waals surface area contributed by atoms with Crippen molar-refractivity contribution in [1.29, 1.82) is 0 Å². The Bertz CT molecular complexity index is 257. The highest BCUT2D eigenvalue weighted by molar-refractivity contribution is 7.09. The lowest BCUT2D eigenvalue weighted by Crippen LogP contribution is -2.36. The zero-order valence-electron chi connectivity index (χ0n) is 8.40. The Hall–Kier alpha value is -0.450. The van der Waals surface area contributed by atoms with E-state index in [1.807, 2.05) is 18.8 Å². The SMILES string of the molecule is CNCC1CC(OCc2cncs2)C1. The van der Waals surface area contributed by atoms with Gasteiger partial charge in [-0.05, 0) is 32.4 Å². The molecule has 0 aliphatic heterocycles. The average molecular weight is 212 g/mol. The lowest BCUT2D eigenvalue weighted by molar-refractivity contribution is -0.0381. The van der Waals surface area contributed by atoms with Crippen molar-refractivity contribution in [3.05, 3.63) is 16.6 Å². The van der Waals surface area contributed by atoms with Gasteiger partial charge in [0.1, 0.15) is 0 Å². The summed E-state index contributed by atoms with van der Waals surface area (Å²) in [7, 11) is 2.01. The molecule has 0 amide bonds. The molecule has 1 saturated carbocycles. The lowest BCUT2D eigenvalue weighted by atomic mass is 9.82. The molecule has 4 heteroatoms. The molecule has 78 valence electrons. The molecule has 1 aliphatic carbocycles. The first-order valence-corrected chi connectivity index (χ1v) is 5.90. The van der Waals surface area contributed by atoms with Crippen LogP contribution in [0.4, 0.5) is 0 Å². The third kappa shape index (κ3) is 2.53. The normalized spacial score (nSPS) is 26.1. The molecule has 1 N–H and O–H groups in total. The molecule has 3 nitrogen and oxygen atoms in total. The Morgan fingerprint density at radius 1 is 1.64 bits per heavy atom. The van der Waals surface area contributed by atoms with Gasteiger partial charge in [-0.1, -0.05) is 0 Å². The van der Waals surface area contributed by atoms with E-state index in [1.165, 1.54) is 17.7 Å². The van der Waals surface area contributed by atoms with E-state index in [9.17, 15) is 0 Å². The van der Waals surface area contributed by atoms with Gasteiger partial charge < -0.3 is 10.1 Å². The molecule has 0 saturated heterocycles. The molecule has 14 heavy (non-hydrogen) atoms. The summed E-state index contributed by atoms with van der Waals surface area (Å²) in [6.07, 6.45) is 4.78. The number of nitrogens with one attached hydrogen (secondary N) is 1. The summed E-state index contributed by atoms with van der Waals surface area (Å²) >= 11 is 1.66. The van der Waals surface area contributed by atoms with Gasteiger partial charge in [0, 0.05) is 6.20 Å². The maximum absolute atomic E-state index is 5.74. The van der Waals surface area contributed by atoms with Crippen molar-refractivity contribution < 1.29 is 4.74 Å². The predicted molar refractivity (Wildman–Crippen MR) is 57.3 cm³/mol. The molecular formula is C10H16N2OS. The van der Waals surface area contributed by atoms with E-state index in [2.05, 4.69) is 10.3 Å². The van der Waals surface area contributed by atoms with Crippen LogP contribution in [-0.4, -0.2) is 24.7 Å². The van der Waals surface area contributed by atoms with Gasteiger partial charge in [0.25, 0.3) is 0 Å². The van der Waals surface area contributed by atoms with Gasteiger partial charge in [-0.2, -0.15) is 0 Å². The zero-order chi connectivity index (χ0) is 9.80. The fraction of sp³-hybridized carbons (Fsp3) is 0.700. The fourth-order valence-electron chi connectivity index (χ4n) is 1.78. The molecule has 2 rings (SSSR count). The van der Waals surface area contributed by atoms with Crippen LogP contribution in [0.3, 0.4) is 0 Å². The van der Waals surface area contributed by atoms with E-state index in [0.29, 0.717) is 6.10 Å². The molecule has 1 fully saturated rings. The van der Waals surface area contributed by atoms with Gasteiger partial charge >= 0.3 is 0 Å². The molecule has 0 spiro atoms. The number of aromatic nitrogens is 1. The maximum Gasteiger partial charge on any atom is 0.0829 e. The van der Waals surface area contributed by atoms with Crippen LogP contribution in [0, 0.1) is 5.92 Å². The van der Waals surface area contributed by atoms with Crippen LogP contribution in [-0.2, 0) is 11.3 Å². The summed E-state index contributed by atoms with van der Waals surface area (Å²) in [6, 6.07) is 0. The summed E-state index contributed by atoms with van der Waals surface area (Å²) in [6.45, 7) is 1.86. The monoisotopic (exact) mass is 212 g/mol. The summed E-state index contributed by atoms with van der Waals surface area (Å²) < 4.78 is 5.74. The zero-order valence-corrected chi connectivity index (χ0v) is 9.22. The number of hydrogen-bond acceptors (Lipinski definition) is 4. The summed E-state index contributed by atoms with van der Waals surface area (Å²) in [5.41, 5.74) is 1.85. The van der Waals surface area contributed by atoms with Crippen LogP contribution in [0.5, 0.6) is 0 Å². The lowest BCUT2D eigenvalue weighted by Gasteiger charge is -2.34. The van der Waals surface area contributed by atoms with Crippen molar-refractivity contribution in [2.75, 3.05) is 13.6 Å². The van der Waals surface area contributed by atoms with Gasteiger partial charge in [0.15, 0.2) is 0 Å². The largest absolute Gasteiger partial charge is 0.373 e. The smallest absolute Gasteiger partial charge is 0.0829 e. The highest BCUT2D eigenvalue weighted by Crippen LogP contribution is 2.30. The molecule has 1 aliphatic rings. The van der Waals surface area contributed by atoms with Crippen molar-refractivity contribution in [3.63, 3.8) is 0 Å². The molecule has 0 radical (unpaired) electrons. The number of thiazole rings is 1. The summed E-state index contributed by atoms with van der Waals surface area (Å²) in [5, 5.41) is 3.20. The Kier molecular flexibility index (Phi) is 3.50. The third-order valence-corrected chi connectivity index (χ3v) is 3.38. The fourth-order valence-corrected chi connectivity index (χ4v) is 2.29. The second-order valence-electron chi connectivity index (χ2n) is 3.80. The van der Waals surface area contributed by atoms with Gasteiger partial charge in [-0.3, -0.25) is 4.98 Å². The van der Waals surface area contributed by atoms with Crippen LogP contribution in [0.2, 0.25) is 0 Å². The van der Waals surface area contributed by atoms with Crippen molar-refractivity contribution in [1.82, 2.24) is 10.3 Å². The highest BCUT2D eigenvalue weighted by Gasteiger charge is 2.28. The molecule has 0 aromatic carbocycles. The van der Waals surface area contributed by atoms with Gasteiger partial charge in [-0.25, -0.2) is 0 Å². The molecular weight excluding hydrogens is 196 g/mol. The molecule has 0 bridgehead atoms. The first-order chi connectivity index (χ1) is 6.88. The van der Waals surface area contributed by atoms with E-state index in [4.69, 9.17) is 4.74 Å². The number of rotatable bonds is 5. The van der Waals surface area contributed by atoms with Crippen LogP contribution in [0.15, 0.2) is 11.7 Å². The van der Waals surface area contributed by atoms with Crippen molar-refractivity contribution in [2.45, 2.75) is 25.6 Å². The quantitative estimate of drug-likeness (QED) is 0.806. The predicted octanol–water partition coefficient (Wildman–Crippen LogP) is 1.66. The third-order valence-electron chi connectivity index (χ3n) is 2.63. The van der Waals surface area contributed by atoms with Crippen molar-refractivity contribution in [3.8, 4) is 0 Å². The van der Waals surface area contributed by atoms with Gasteiger partial charge in [0.05, 0.1) is 23.1 Å². The van der Waals surface area contributed by atoms with Crippen LogP contribution in [0.25, 0.3) is 0 Å². The van der Waals surface area contributed by atoms with E-state index in [0.717, 1.165) is 19.1 Å². The molecule has 0 unspecified atom stereocenters. The van der Waals surface area contributed by atoms with E-state index >= 15 is 0 Å². The summed E-state index contributed by atoms with van der Waals surface area (Å²) in [5.74, 6) is 0.825. The second-order valence-corrected chi connectivity index (χ2v) is 4.77. The van der Waals surface area contributed by atoms with Crippen molar-refractivity contribution in [2.24, 2.45) is 5.92 Å². The maximum atomic E-state index is 5.74. The second kappa shape index (κ2) is 4.87. The molecule has 1 heterocycles. The van der Waals surface area contributed by atoms with Crippen LogP contribution in [0.1, 0.15) is 17.7 Å². The number of nitrogens with zero attached hydrogens (tertiary/aromatic N) is 1. The minimum absolute atomic E-state index is 0.482. The molecule has 0 atom stereocenters. The van der Waals surface area contributed by atoms with Gasteiger partial charge in [0.2, 0.25) is 0 Å². The Morgan fingerprint density at radius 2 is 2.50 bits per heavy atom. The standard InChI is InChI=1S/C10H16N2OS/c1-11-4-8-2-9(3-8)13-6-10-5-12-7-14-10/h5,7-9,11H,2-4,6H2,1H3. The van der Waals surface area contributed by atoms with Crippen LogP contribution < -0.4 is 5.32 Å². The molecule has 1 aromatic rings.